The van der Waals surface area contributed by atoms with Crippen LogP contribution in [0.15, 0.2) is 59.8 Å². The van der Waals surface area contributed by atoms with E-state index < -0.39 is 23.5 Å². The summed E-state index contributed by atoms with van der Waals surface area (Å²) in [4.78, 5) is 37.9. The largest absolute Gasteiger partial charge is 0.445 e. The highest BCUT2D eigenvalue weighted by Gasteiger charge is 2.09. The number of non-ortho nitro benzene ring substituents is 1. The molecule has 2 rings (SSSR count). The number of oxime groups is 1. The summed E-state index contributed by atoms with van der Waals surface area (Å²) in [5.74, 6) is -0.784. The zero-order valence-electron chi connectivity index (χ0n) is 14.5. The number of nitro groups is 1. The van der Waals surface area contributed by atoms with Crippen molar-refractivity contribution in [3.63, 3.8) is 0 Å². The highest BCUT2D eigenvalue weighted by Crippen LogP contribution is 2.12. The van der Waals surface area contributed by atoms with Gasteiger partial charge >= 0.3 is 12.1 Å². The number of benzene rings is 2. The zero-order valence-corrected chi connectivity index (χ0v) is 14.5. The topological polar surface area (TPSA) is 120 Å². The fourth-order valence-corrected chi connectivity index (χ4v) is 1.95. The molecule has 1 amide bonds. The van der Waals surface area contributed by atoms with Crippen LogP contribution in [-0.4, -0.2) is 29.2 Å². The molecule has 0 aliphatic heterocycles. The molecule has 2 aromatic rings. The smallest absolute Gasteiger partial charge is 0.407 e. The molecule has 0 saturated carbocycles. The van der Waals surface area contributed by atoms with Crippen LogP contribution in [0.5, 0.6) is 0 Å². The lowest BCUT2D eigenvalue weighted by Crippen LogP contribution is -2.30. The maximum Gasteiger partial charge on any atom is 0.407 e. The van der Waals surface area contributed by atoms with Crippen LogP contribution in [-0.2, 0) is 21.0 Å². The van der Waals surface area contributed by atoms with E-state index in [1.165, 1.54) is 24.3 Å². The van der Waals surface area contributed by atoms with Gasteiger partial charge in [-0.1, -0.05) is 35.5 Å². The highest BCUT2D eigenvalue weighted by atomic mass is 16.7. The van der Waals surface area contributed by atoms with Gasteiger partial charge in [0.2, 0.25) is 0 Å². The molecule has 0 aliphatic rings. The number of ether oxygens (including phenoxy) is 1. The second-order valence-corrected chi connectivity index (χ2v) is 5.36. The Hall–Kier alpha value is -3.75. The van der Waals surface area contributed by atoms with Gasteiger partial charge < -0.3 is 14.9 Å². The maximum absolute atomic E-state index is 11.6. The van der Waals surface area contributed by atoms with Gasteiger partial charge in [-0.2, -0.15) is 0 Å². The number of nitrogens with zero attached hydrogens (tertiary/aromatic N) is 2. The molecule has 140 valence electrons. The minimum absolute atomic E-state index is 0.0539. The Morgan fingerprint density at radius 2 is 1.78 bits per heavy atom. The van der Waals surface area contributed by atoms with Gasteiger partial charge in [0.15, 0.2) is 0 Å². The Morgan fingerprint density at radius 1 is 1.11 bits per heavy atom. The summed E-state index contributed by atoms with van der Waals surface area (Å²) in [5.41, 5.74) is 1.67. The highest BCUT2D eigenvalue weighted by molar-refractivity contribution is 5.98. The number of rotatable bonds is 7. The number of nitro benzene ring substituents is 1. The third-order valence-corrected chi connectivity index (χ3v) is 3.37. The van der Waals surface area contributed by atoms with Gasteiger partial charge in [0.05, 0.1) is 10.6 Å². The van der Waals surface area contributed by atoms with Crippen LogP contribution in [0.4, 0.5) is 10.5 Å². The zero-order chi connectivity index (χ0) is 19.6. The van der Waals surface area contributed by atoms with Crippen molar-refractivity contribution in [2.24, 2.45) is 5.16 Å². The number of hydrogen-bond acceptors (Lipinski definition) is 7. The van der Waals surface area contributed by atoms with Gasteiger partial charge in [-0.3, -0.25) is 10.1 Å². The number of amides is 1. The minimum Gasteiger partial charge on any atom is -0.445 e. The summed E-state index contributed by atoms with van der Waals surface area (Å²) in [5, 5.41) is 16.5. The molecule has 1 N–H and O–H groups in total. The maximum atomic E-state index is 11.6. The number of nitrogens with one attached hydrogen (secondary N) is 1. The van der Waals surface area contributed by atoms with Crippen molar-refractivity contribution in [3.8, 4) is 0 Å². The lowest BCUT2D eigenvalue weighted by Gasteiger charge is -2.06. The molecule has 27 heavy (non-hydrogen) atoms. The van der Waals surface area contributed by atoms with Gasteiger partial charge in [0.25, 0.3) is 5.69 Å². The summed E-state index contributed by atoms with van der Waals surface area (Å²) in [6.45, 7) is 1.25. The minimum atomic E-state index is -0.784. The molecule has 0 radical (unpaired) electrons. The first-order valence-electron chi connectivity index (χ1n) is 7.89. The van der Waals surface area contributed by atoms with E-state index in [1.54, 1.807) is 19.1 Å². The molecule has 0 saturated heterocycles. The number of alkyl carbamates (subject to hydrolysis) is 1. The Labute approximate surface area is 154 Å². The van der Waals surface area contributed by atoms with E-state index in [4.69, 9.17) is 9.57 Å². The summed E-state index contributed by atoms with van der Waals surface area (Å²) in [6.07, 6.45) is -0.758. The average Bonchev–Trinajstić information content (AvgIpc) is 2.69. The SMILES string of the molecule is C/C(=N\OC(=O)CNC(=O)OCc1ccccc1)c1ccc([N+](=O)[O-])cc1. The third-order valence-electron chi connectivity index (χ3n) is 3.37. The number of carbonyl (C=O) groups is 2. The van der Waals surface area contributed by atoms with Crippen molar-refractivity contribution in [2.45, 2.75) is 13.5 Å². The molecule has 0 fully saturated rings. The van der Waals surface area contributed by atoms with Crippen molar-refractivity contribution in [1.29, 1.82) is 0 Å². The first kappa shape index (κ1) is 19.6. The van der Waals surface area contributed by atoms with Crippen LogP contribution >= 0.6 is 0 Å². The summed E-state index contributed by atoms with van der Waals surface area (Å²) < 4.78 is 4.96. The first-order chi connectivity index (χ1) is 13.0. The van der Waals surface area contributed by atoms with E-state index in [0.717, 1.165) is 5.56 Å². The fraction of sp³-hybridized carbons (Fsp3) is 0.167. The predicted molar refractivity (Wildman–Crippen MR) is 96.0 cm³/mol. The van der Waals surface area contributed by atoms with Crippen molar-refractivity contribution in [1.82, 2.24) is 5.32 Å². The van der Waals surface area contributed by atoms with E-state index in [-0.39, 0.29) is 12.3 Å². The quantitative estimate of drug-likeness (QED) is 0.346. The number of carbonyl (C=O) groups excluding carboxylic acids is 2. The van der Waals surface area contributed by atoms with Gasteiger partial charge in [-0.25, -0.2) is 9.59 Å². The Morgan fingerprint density at radius 3 is 2.41 bits per heavy atom. The van der Waals surface area contributed by atoms with Gasteiger partial charge in [0.1, 0.15) is 13.2 Å². The predicted octanol–water partition coefficient (Wildman–Crippen LogP) is 2.79. The second-order valence-electron chi connectivity index (χ2n) is 5.36. The molecule has 0 spiro atoms. The second kappa shape index (κ2) is 9.66. The number of hydrogen-bond donors (Lipinski definition) is 1. The molecule has 0 unspecified atom stereocenters. The van der Waals surface area contributed by atoms with Crippen molar-refractivity contribution >= 4 is 23.5 Å². The molecule has 9 heteroatoms. The van der Waals surface area contributed by atoms with E-state index in [1.807, 2.05) is 18.2 Å². The van der Waals surface area contributed by atoms with Crippen LogP contribution in [0, 0.1) is 10.1 Å². The van der Waals surface area contributed by atoms with Crippen molar-refractivity contribution in [3.05, 3.63) is 75.8 Å². The normalized spacial score (nSPS) is 10.8. The van der Waals surface area contributed by atoms with Crippen LogP contribution in [0.1, 0.15) is 18.1 Å². The summed E-state index contributed by atoms with van der Waals surface area (Å²) in [6, 6.07) is 14.7. The first-order valence-corrected chi connectivity index (χ1v) is 7.89. The summed E-state index contributed by atoms with van der Waals surface area (Å²) in [7, 11) is 0. The van der Waals surface area contributed by atoms with Crippen LogP contribution in [0.2, 0.25) is 0 Å². The molecule has 0 heterocycles. The Bertz CT molecular complexity index is 834. The molecule has 0 atom stereocenters. The molecule has 0 aliphatic carbocycles. The molecule has 9 nitrogen and oxygen atoms in total. The monoisotopic (exact) mass is 371 g/mol. The van der Waals surface area contributed by atoms with E-state index in [0.29, 0.717) is 11.3 Å². The third kappa shape index (κ3) is 6.58. The lowest BCUT2D eigenvalue weighted by molar-refractivity contribution is -0.384. The van der Waals surface area contributed by atoms with Crippen LogP contribution < -0.4 is 5.32 Å². The van der Waals surface area contributed by atoms with Gasteiger partial charge in [-0.05, 0) is 30.2 Å². The van der Waals surface area contributed by atoms with E-state index >= 15 is 0 Å². The Kier molecular flexibility index (Phi) is 7.00. The molecular weight excluding hydrogens is 354 g/mol. The Balaban J connectivity index is 1.75. The van der Waals surface area contributed by atoms with Crippen molar-refractivity contribution < 1.29 is 24.1 Å². The van der Waals surface area contributed by atoms with Gasteiger partial charge in [0, 0.05) is 12.1 Å². The van der Waals surface area contributed by atoms with Crippen LogP contribution in [0.25, 0.3) is 0 Å². The van der Waals surface area contributed by atoms with Gasteiger partial charge in [-0.15, -0.1) is 0 Å². The summed E-state index contributed by atoms with van der Waals surface area (Å²) >= 11 is 0. The average molecular weight is 371 g/mol. The lowest BCUT2D eigenvalue weighted by atomic mass is 10.1. The fourth-order valence-electron chi connectivity index (χ4n) is 1.95. The van der Waals surface area contributed by atoms with E-state index in [9.17, 15) is 19.7 Å². The molecule has 2 aromatic carbocycles. The van der Waals surface area contributed by atoms with Crippen molar-refractivity contribution in [2.75, 3.05) is 6.54 Å². The molecular formula is C18H17N3O6. The standard InChI is InChI=1S/C18H17N3O6/c1-13(15-7-9-16(10-8-15)21(24)25)20-27-17(22)11-19-18(23)26-12-14-5-3-2-4-6-14/h2-10H,11-12H2,1H3,(H,19,23)/b20-13+. The van der Waals surface area contributed by atoms with E-state index in [2.05, 4.69) is 10.5 Å². The molecule has 0 aromatic heterocycles. The molecule has 0 bridgehead atoms. The van der Waals surface area contributed by atoms with Crippen LogP contribution in [0.3, 0.4) is 0 Å².